The lowest BCUT2D eigenvalue weighted by Crippen LogP contribution is -2.45. The zero-order chi connectivity index (χ0) is 26.1. The Labute approximate surface area is 217 Å². The quantitative estimate of drug-likeness (QED) is 0.196. The monoisotopic (exact) mass is 528 g/mol. The van der Waals surface area contributed by atoms with Gasteiger partial charge in [-0.3, -0.25) is 11.5 Å². The van der Waals surface area contributed by atoms with E-state index in [4.69, 9.17) is 44.1 Å². The van der Waals surface area contributed by atoms with E-state index >= 15 is 0 Å². The maximum absolute atomic E-state index is 12.3. The molecule has 0 aliphatic heterocycles. The number of carbonyl (C=O) groups excluding carboxylic acids is 2. The lowest BCUT2D eigenvalue weighted by Gasteiger charge is -2.26. The zero-order valence-electron chi connectivity index (χ0n) is 19.8. The minimum atomic E-state index is -1.34. The van der Waals surface area contributed by atoms with Crippen LogP contribution in [-0.2, 0) is 32.2 Å². The fourth-order valence-corrected chi connectivity index (χ4v) is 4.38. The predicted molar refractivity (Wildman–Crippen MR) is 140 cm³/mol. The minimum Gasteiger partial charge on any atom is -0.439 e. The standard InChI is InChI=1S/C26H26Cl2N4O4/c1-25(29,15-31-11-9-17-13-19(27)3-5-21(17)31)35-23(33)7-8-24(34)36-26(2,30)16-32-12-10-18-14-20(28)4-6-22(18)32/h3-14H,15-16,29-30H2,1-2H3/b8-7+/t25-,26-/m0/s1. The van der Waals surface area contributed by atoms with Crippen LogP contribution in [0, 0.1) is 0 Å². The van der Waals surface area contributed by atoms with Gasteiger partial charge in [0.2, 0.25) is 0 Å². The van der Waals surface area contributed by atoms with Crippen LogP contribution in [0.1, 0.15) is 13.8 Å². The van der Waals surface area contributed by atoms with Crippen molar-refractivity contribution in [2.75, 3.05) is 0 Å². The van der Waals surface area contributed by atoms with Crippen LogP contribution in [0.2, 0.25) is 10.0 Å². The highest BCUT2D eigenvalue weighted by atomic mass is 35.5. The number of hydrogen-bond acceptors (Lipinski definition) is 6. The second-order valence-electron chi connectivity index (χ2n) is 9.09. The summed E-state index contributed by atoms with van der Waals surface area (Å²) in [7, 11) is 0. The normalized spacial score (nSPS) is 15.2. The van der Waals surface area contributed by atoms with Crippen LogP contribution < -0.4 is 11.5 Å². The molecule has 0 aliphatic rings. The number of carbonyl (C=O) groups is 2. The van der Waals surface area contributed by atoms with Crippen molar-refractivity contribution < 1.29 is 19.1 Å². The first-order valence-corrected chi connectivity index (χ1v) is 11.9. The van der Waals surface area contributed by atoms with Crippen molar-refractivity contribution in [3.8, 4) is 0 Å². The van der Waals surface area contributed by atoms with Crippen molar-refractivity contribution in [2.45, 2.75) is 38.4 Å². The van der Waals surface area contributed by atoms with E-state index in [1.807, 2.05) is 57.9 Å². The van der Waals surface area contributed by atoms with Crippen LogP contribution in [0.5, 0.6) is 0 Å². The Morgan fingerprint density at radius 1 is 0.778 bits per heavy atom. The van der Waals surface area contributed by atoms with E-state index in [0.29, 0.717) is 10.0 Å². The van der Waals surface area contributed by atoms with E-state index in [0.717, 1.165) is 34.0 Å². The van der Waals surface area contributed by atoms with Gasteiger partial charge < -0.3 is 18.6 Å². The van der Waals surface area contributed by atoms with Crippen molar-refractivity contribution in [1.82, 2.24) is 9.13 Å². The third-order valence-electron chi connectivity index (χ3n) is 5.46. The van der Waals surface area contributed by atoms with Gasteiger partial charge in [-0.15, -0.1) is 0 Å². The SMILES string of the molecule is C[C@@](N)(Cn1ccc2cc(Cl)ccc21)OC(=O)/C=C/C(=O)O[C@](C)(N)Cn1ccc2cc(Cl)ccc21. The Kier molecular flexibility index (Phi) is 7.15. The Morgan fingerprint density at radius 3 is 1.56 bits per heavy atom. The molecule has 4 N–H and O–H groups in total. The van der Waals surface area contributed by atoms with Crippen LogP contribution in [-0.4, -0.2) is 32.5 Å². The Morgan fingerprint density at radius 2 is 1.17 bits per heavy atom. The first-order valence-electron chi connectivity index (χ1n) is 11.1. The van der Waals surface area contributed by atoms with Crippen molar-refractivity contribution in [3.63, 3.8) is 0 Å². The summed E-state index contributed by atoms with van der Waals surface area (Å²) >= 11 is 12.1. The first-order chi connectivity index (χ1) is 16.9. The summed E-state index contributed by atoms with van der Waals surface area (Å²) in [6, 6.07) is 14.7. The molecule has 2 atom stereocenters. The number of halogens is 2. The number of benzene rings is 2. The maximum atomic E-state index is 12.3. The summed E-state index contributed by atoms with van der Waals surface area (Å²) in [5, 5.41) is 3.13. The van der Waals surface area contributed by atoms with Crippen molar-refractivity contribution in [3.05, 3.63) is 83.1 Å². The summed E-state index contributed by atoms with van der Waals surface area (Å²) in [6.45, 7) is 3.53. The van der Waals surface area contributed by atoms with Gasteiger partial charge in [0.25, 0.3) is 0 Å². The molecule has 0 spiro atoms. The van der Waals surface area contributed by atoms with Gasteiger partial charge in [-0.05, 0) is 62.4 Å². The highest BCUT2D eigenvalue weighted by molar-refractivity contribution is 6.31. The number of hydrogen-bond donors (Lipinski definition) is 2. The number of rotatable bonds is 8. The lowest BCUT2D eigenvalue weighted by molar-refractivity contribution is -0.155. The van der Waals surface area contributed by atoms with Crippen LogP contribution in [0.4, 0.5) is 0 Å². The average Bonchev–Trinajstić information content (AvgIpc) is 3.34. The highest BCUT2D eigenvalue weighted by Gasteiger charge is 2.26. The van der Waals surface area contributed by atoms with Crippen molar-refractivity contribution >= 4 is 56.9 Å². The highest BCUT2D eigenvalue weighted by Crippen LogP contribution is 2.23. The maximum Gasteiger partial charge on any atom is 0.332 e. The van der Waals surface area contributed by atoms with E-state index in [9.17, 15) is 9.59 Å². The van der Waals surface area contributed by atoms with Crippen LogP contribution in [0.25, 0.3) is 21.8 Å². The van der Waals surface area contributed by atoms with Gasteiger partial charge in [0.1, 0.15) is 0 Å². The molecule has 10 heteroatoms. The third-order valence-corrected chi connectivity index (χ3v) is 5.93. The molecule has 0 saturated heterocycles. The molecule has 188 valence electrons. The summed E-state index contributed by atoms with van der Waals surface area (Å²) in [5.74, 6) is -1.58. The molecule has 0 aliphatic carbocycles. The number of ether oxygens (including phenoxy) is 2. The summed E-state index contributed by atoms with van der Waals surface area (Å²) < 4.78 is 14.4. The molecule has 8 nitrogen and oxygen atoms in total. The van der Waals surface area contributed by atoms with Crippen molar-refractivity contribution in [2.24, 2.45) is 11.5 Å². The Bertz CT molecular complexity index is 1360. The van der Waals surface area contributed by atoms with Gasteiger partial charge in [0.05, 0.1) is 13.1 Å². The second-order valence-corrected chi connectivity index (χ2v) is 9.97. The van der Waals surface area contributed by atoms with Crippen LogP contribution in [0.3, 0.4) is 0 Å². The topological polar surface area (TPSA) is 114 Å². The molecule has 2 aromatic carbocycles. The molecular formula is C26H26Cl2N4O4. The summed E-state index contributed by atoms with van der Waals surface area (Å²) in [4.78, 5) is 24.7. The van der Waals surface area contributed by atoms with Gasteiger partial charge in [0.15, 0.2) is 11.4 Å². The molecule has 2 aromatic heterocycles. The molecular weight excluding hydrogens is 503 g/mol. The van der Waals surface area contributed by atoms with Gasteiger partial charge in [-0.25, -0.2) is 9.59 Å². The molecule has 0 unspecified atom stereocenters. The van der Waals surface area contributed by atoms with E-state index in [-0.39, 0.29) is 13.1 Å². The average molecular weight is 529 g/mol. The van der Waals surface area contributed by atoms with E-state index in [2.05, 4.69) is 0 Å². The van der Waals surface area contributed by atoms with Crippen molar-refractivity contribution in [1.29, 1.82) is 0 Å². The van der Waals surface area contributed by atoms with E-state index in [1.165, 1.54) is 0 Å². The molecule has 0 radical (unpaired) electrons. The molecule has 0 saturated carbocycles. The molecule has 0 fully saturated rings. The number of fused-ring (bicyclic) bond motifs is 2. The zero-order valence-corrected chi connectivity index (χ0v) is 21.3. The van der Waals surface area contributed by atoms with Gasteiger partial charge in [0, 0.05) is 56.4 Å². The Balaban J connectivity index is 1.33. The van der Waals surface area contributed by atoms with Crippen LogP contribution in [0.15, 0.2) is 73.1 Å². The van der Waals surface area contributed by atoms with Gasteiger partial charge in [-0.1, -0.05) is 23.2 Å². The molecule has 0 amide bonds. The number of esters is 2. The molecule has 4 aromatic rings. The van der Waals surface area contributed by atoms with Gasteiger partial charge in [-0.2, -0.15) is 0 Å². The predicted octanol–water partition coefficient (Wildman–Crippen LogP) is 4.60. The second kappa shape index (κ2) is 9.99. The van der Waals surface area contributed by atoms with Crippen LogP contribution >= 0.6 is 23.2 Å². The fourth-order valence-electron chi connectivity index (χ4n) is 4.02. The molecule has 2 heterocycles. The summed E-state index contributed by atoms with van der Waals surface area (Å²) in [6.07, 6.45) is 5.59. The number of nitrogens with two attached hydrogens (primary N) is 2. The first kappa shape index (κ1) is 25.8. The van der Waals surface area contributed by atoms with Gasteiger partial charge >= 0.3 is 11.9 Å². The summed E-state index contributed by atoms with van der Waals surface area (Å²) in [5.41, 5.74) is 11.5. The number of aromatic nitrogens is 2. The third kappa shape index (κ3) is 6.27. The molecule has 0 bridgehead atoms. The fraction of sp³-hybridized carbons (Fsp3) is 0.231. The number of nitrogens with zero attached hydrogens (tertiary/aromatic N) is 2. The van der Waals surface area contributed by atoms with E-state index < -0.39 is 23.4 Å². The van der Waals surface area contributed by atoms with E-state index in [1.54, 1.807) is 26.0 Å². The largest absolute Gasteiger partial charge is 0.439 e. The Hall–Kier alpha value is -3.30. The smallest absolute Gasteiger partial charge is 0.332 e. The minimum absolute atomic E-state index is 0.194. The molecule has 36 heavy (non-hydrogen) atoms. The molecule has 4 rings (SSSR count). The lowest BCUT2D eigenvalue weighted by atomic mass is 10.2.